The third kappa shape index (κ3) is 2.72. The number of aliphatic hydroxyl groups is 1. The normalized spacial score (nSPS) is 18.2. The van der Waals surface area contributed by atoms with Crippen molar-refractivity contribution in [1.29, 1.82) is 0 Å². The van der Waals surface area contributed by atoms with Crippen LogP contribution in [0.2, 0.25) is 0 Å². The molecular formula is C15H21NO4. The van der Waals surface area contributed by atoms with Gasteiger partial charge in [-0.25, -0.2) is 0 Å². The fourth-order valence-electron chi connectivity index (χ4n) is 2.56. The van der Waals surface area contributed by atoms with E-state index in [0.717, 1.165) is 12.0 Å². The molecule has 0 bridgehead atoms. The van der Waals surface area contributed by atoms with Crippen molar-refractivity contribution in [2.75, 3.05) is 33.9 Å². The van der Waals surface area contributed by atoms with E-state index in [1.807, 2.05) is 6.92 Å². The molecule has 5 heteroatoms. The Kier molecular flexibility index (Phi) is 4.49. The molecule has 1 N–H and O–H groups in total. The third-order valence-electron chi connectivity index (χ3n) is 3.83. The van der Waals surface area contributed by atoms with Crippen LogP contribution >= 0.6 is 0 Å². The molecule has 5 nitrogen and oxygen atoms in total. The zero-order chi connectivity index (χ0) is 14.7. The lowest BCUT2D eigenvalue weighted by molar-refractivity contribution is 0.0781. The van der Waals surface area contributed by atoms with Crippen molar-refractivity contribution in [3.8, 4) is 11.5 Å². The highest BCUT2D eigenvalue weighted by Gasteiger charge is 2.27. The first-order chi connectivity index (χ1) is 9.60. The molecule has 110 valence electrons. The van der Waals surface area contributed by atoms with E-state index in [4.69, 9.17) is 14.6 Å². The molecule has 1 fully saturated rings. The van der Waals surface area contributed by atoms with Crippen LogP contribution in [0, 0.1) is 12.8 Å². The number of likely N-dealkylation sites (tertiary alicyclic amines) is 1. The van der Waals surface area contributed by atoms with Gasteiger partial charge in [-0.2, -0.15) is 0 Å². The number of amides is 1. The molecule has 0 aromatic heterocycles. The van der Waals surface area contributed by atoms with Crippen molar-refractivity contribution >= 4 is 5.91 Å². The van der Waals surface area contributed by atoms with Crippen molar-refractivity contribution in [2.45, 2.75) is 13.3 Å². The van der Waals surface area contributed by atoms with Gasteiger partial charge in [0.25, 0.3) is 5.91 Å². The van der Waals surface area contributed by atoms with E-state index in [1.165, 1.54) is 0 Å². The number of carbonyl (C=O) groups is 1. The summed E-state index contributed by atoms with van der Waals surface area (Å²) < 4.78 is 10.6. The molecule has 0 spiro atoms. The summed E-state index contributed by atoms with van der Waals surface area (Å²) in [6, 6.07) is 3.49. The fraction of sp³-hybridized carbons (Fsp3) is 0.533. The lowest BCUT2D eigenvalue weighted by atomic mass is 10.1. The van der Waals surface area contributed by atoms with Crippen molar-refractivity contribution in [2.24, 2.45) is 5.92 Å². The summed E-state index contributed by atoms with van der Waals surface area (Å²) in [7, 11) is 3.15. The summed E-state index contributed by atoms with van der Waals surface area (Å²) in [5.74, 6) is 1.43. The minimum absolute atomic E-state index is 0.0439. The van der Waals surface area contributed by atoms with Crippen LogP contribution in [0.5, 0.6) is 11.5 Å². The number of methoxy groups -OCH3 is 2. The van der Waals surface area contributed by atoms with Crippen molar-refractivity contribution in [3.63, 3.8) is 0 Å². The second-order valence-corrected chi connectivity index (χ2v) is 5.09. The molecule has 2 rings (SSSR count). The Morgan fingerprint density at radius 2 is 1.95 bits per heavy atom. The number of nitrogens with zero attached hydrogens (tertiary/aromatic N) is 1. The average Bonchev–Trinajstić information content (AvgIpc) is 2.95. The summed E-state index contributed by atoms with van der Waals surface area (Å²) in [6.07, 6.45) is 0.850. The largest absolute Gasteiger partial charge is 0.496 e. The quantitative estimate of drug-likeness (QED) is 0.906. The third-order valence-corrected chi connectivity index (χ3v) is 3.83. The number of carbonyl (C=O) groups excluding carboxylic acids is 1. The molecule has 1 aromatic rings. The maximum Gasteiger partial charge on any atom is 0.254 e. The van der Waals surface area contributed by atoms with Crippen LogP contribution in [0.1, 0.15) is 22.3 Å². The predicted molar refractivity (Wildman–Crippen MR) is 75.4 cm³/mol. The molecule has 1 atom stereocenters. The average molecular weight is 279 g/mol. The van der Waals surface area contributed by atoms with Gasteiger partial charge in [0.15, 0.2) is 0 Å². The Morgan fingerprint density at radius 1 is 1.35 bits per heavy atom. The highest BCUT2D eigenvalue weighted by Crippen LogP contribution is 2.30. The van der Waals surface area contributed by atoms with E-state index in [1.54, 1.807) is 31.3 Å². The van der Waals surface area contributed by atoms with Crippen molar-refractivity contribution in [3.05, 3.63) is 23.3 Å². The van der Waals surface area contributed by atoms with Gasteiger partial charge in [0, 0.05) is 36.7 Å². The Balaban J connectivity index is 2.26. The fourth-order valence-corrected chi connectivity index (χ4v) is 2.56. The summed E-state index contributed by atoms with van der Waals surface area (Å²) in [6.45, 7) is 3.31. The lowest BCUT2D eigenvalue weighted by Gasteiger charge is -2.18. The SMILES string of the molecule is COc1cc(C(=O)N2CCC(CO)C2)cc(OC)c1C. The van der Waals surface area contributed by atoms with Gasteiger partial charge in [0.05, 0.1) is 14.2 Å². The second-order valence-electron chi connectivity index (χ2n) is 5.09. The van der Waals surface area contributed by atoms with Crippen LogP contribution in [0.15, 0.2) is 12.1 Å². The molecular weight excluding hydrogens is 258 g/mol. The molecule has 1 heterocycles. The number of hydrogen-bond donors (Lipinski definition) is 1. The molecule has 1 aliphatic heterocycles. The Labute approximate surface area is 119 Å². The first-order valence-corrected chi connectivity index (χ1v) is 6.73. The Bertz CT molecular complexity index is 476. The number of aliphatic hydroxyl groups excluding tert-OH is 1. The Morgan fingerprint density at radius 3 is 2.40 bits per heavy atom. The minimum Gasteiger partial charge on any atom is -0.496 e. The molecule has 1 amide bonds. The minimum atomic E-state index is -0.0439. The molecule has 0 aliphatic carbocycles. The summed E-state index contributed by atoms with van der Waals surface area (Å²) in [5, 5.41) is 9.16. The monoisotopic (exact) mass is 279 g/mol. The van der Waals surface area contributed by atoms with Gasteiger partial charge in [0.1, 0.15) is 11.5 Å². The number of ether oxygens (including phenoxy) is 2. The van der Waals surface area contributed by atoms with Crippen LogP contribution in [-0.4, -0.2) is 49.8 Å². The smallest absolute Gasteiger partial charge is 0.254 e. The molecule has 20 heavy (non-hydrogen) atoms. The molecule has 1 unspecified atom stereocenters. The summed E-state index contributed by atoms with van der Waals surface area (Å²) >= 11 is 0. The van der Waals surface area contributed by atoms with E-state index in [0.29, 0.717) is 30.2 Å². The highest BCUT2D eigenvalue weighted by molar-refractivity contribution is 5.95. The molecule has 1 aromatic carbocycles. The molecule has 1 aliphatic rings. The van der Waals surface area contributed by atoms with E-state index < -0.39 is 0 Å². The molecule has 0 saturated carbocycles. The van der Waals surface area contributed by atoms with Crippen LogP contribution < -0.4 is 9.47 Å². The van der Waals surface area contributed by atoms with Gasteiger partial charge in [-0.1, -0.05) is 0 Å². The van der Waals surface area contributed by atoms with Crippen molar-refractivity contribution in [1.82, 2.24) is 4.90 Å². The van der Waals surface area contributed by atoms with Gasteiger partial charge in [0.2, 0.25) is 0 Å². The van der Waals surface area contributed by atoms with Gasteiger partial charge in [-0.3, -0.25) is 4.79 Å². The standard InChI is InChI=1S/C15H21NO4/c1-10-13(19-2)6-12(7-14(10)20-3)15(18)16-5-4-11(8-16)9-17/h6-7,11,17H,4-5,8-9H2,1-3H3. The van der Waals surface area contributed by atoms with E-state index in [9.17, 15) is 4.79 Å². The highest BCUT2D eigenvalue weighted by atomic mass is 16.5. The maximum absolute atomic E-state index is 12.5. The first kappa shape index (κ1) is 14.7. The van der Waals surface area contributed by atoms with Gasteiger partial charge >= 0.3 is 0 Å². The second kappa shape index (κ2) is 6.13. The molecule has 0 radical (unpaired) electrons. The van der Waals surface area contributed by atoms with E-state index >= 15 is 0 Å². The summed E-state index contributed by atoms with van der Waals surface area (Å²) in [4.78, 5) is 14.3. The first-order valence-electron chi connectivity index (χ1n) is 6.73. The Hall–Kier alpha value is -1.75. The zero-order valence-corrected chi connectivity index (χ0v) is 12.2. The van der Waals surface area contributed by atoms with Crippen molar-refractivity contribution < 1.29 is 19.4 Å². The number of benzene rings is 1. The number of hydrogen-bond acceptors (Lipinski definition) is 4. The zero-order valence-electron chi connectivity index (χ0n) is 12.2. The number of rotatable bonds is 4. The van der Waals surface area contributed by atoms with Crippen LogP contribution in [0.3, 0.4) is 0 Å². The van der Waals surface area contributed by atoms with E-state index in [2.05, 4.69) is 0 Å². The lowest BCUT2D eigenvalue weighted by Crippen LogP contribution is -2.29. The van der Waals surface area contributed by atoms with Crippen LogP contribution in [-0.2, 0) is 0 Å². The van der Waals surface area contributed by atoms with E-state index in [-0.39, 0.29) is 18.4 Å². The summed E-state index contributed by atoms with van der Waals surface area (Å²) in [5.41, 5.74) is 1.43. The van der Waals surface area contributed by atoms with Gasteiger partial charge in [-0.05, 0) is 25.5 Å². The topological polar surface area (TPSA) is 59.0 Å². The van der Waals surface area contributed by atoms with Crippen LogP contribution in [0.4, 0.5) is 0 Å². The van der Waals surface area contributed by atoms with Crippen LogP contribution in [0.25, 0.3) is 0 Å². The molecule has 1 saturated heterocycles. The predicted octanol–water partition coefficient (Wildman–Crippen LogP) is 1.47. The van der Waals surface area contributed by atoms with Gasteiger partial charge < -0.3 is 19.5 Å². The maximum atomic E-state index is 12.5. The van der Waals surface area contributed by atoms with Gasteiger partial charge in [-0.15, -0.1) is 0 Å².